The first-order valence-corrected chi connectivity index (χ1v) is 20.9. The van der Waals surface area contributed by atoms with Gasteiger partial charge in [0.05, 0.1) is 19.4 Å². The van der Waals surface area contributed by atoms with Crippen LogP contribution in [0, 0.1) is 0 Å². The van der Waals surface area contributed by atoms with E-state index in [4.69, 9.17) is 14.2 Å². The summed E-state index contributed by atoms with van der Waals surface area (Å²) in [5.41, 5.74) is 2.52. The van der Waals surface area contributed by atoms with Crippen LogP contribution in [0.25, 0.3) is 0 Å². The zero-order chi connectivity index (χ0) is 36.2. The highest BCUT2D eigenvalue weighted by atomic mass is 28.3. The van der Waals surface area contributed by atoms with E-state index >= 15 is 0 Å². The second-order valence-corrected chi connectivity index (χ2v) is 19.4. The van der Waals surface area contributed by atoms with Crippen LogP contribution in [0.3, 0.4) is 0 Å². The van der Waals surface area contributed by atoms with Crippen LogP contribution >= 0.6 is 0 Å². The molecule has 1 heterocycles. The van der Waals surface area contributed by atoms with Gasteiger partial charge in [0, 0.05) is 33.7 Å². The number of aliphatic hydroxyl groups is 1. The normalized spacial score (nSPS) is 12.0. The van der Waals surface area contributed by atoms with Gasteiger partial charge in [-0.15, -0.1) is 0 Å². The first-order chi connectivity index (χ1) is 24.6. The quantitative estimate of drug-likeness (QED) is 0.0823. The number of methoxy groups -OCH3 is 1. The van der Waals surface area contributed by atoms with Crippen LogP contribution in [-0.2, 0) is 24.6 Å². The van der Waals surface area contributed by atoms with Crippen molar-refractivity contribution in [1.29, 1.82) is 0 Å². The van der Waals surface area contributed by atoms with E-state index in [2.05, 4.69) is 24.7 Å². The van der Waals surface area contributed by atoms with Crippen LogP contribution in [0.4, 0.5) is 0 Å². The van der Waals surface area contributed by atoms with Gasteiger partial charge in [0.25, 0.3) is 11.3 Å². The summed E-state index contributed by atoms with van der Waals surface area (Å²) in [7, 11) is 0.242. The van der Waals surface area contributed by atoms with Gasteiger partial charge in [-0.2, -0.15) is 5.10 Å². The molecule has 266 valence electrons. The zero-order valence-corrected chi connectivity index (χ0v) is 30.8. The lowest BCUT2D eigenvalue weighted by Crippen LogP contribution is -2.42. The van der Waals surface area contributed by atoms with E-state index in [1.807, 2.05) is 115 Å². The minimum absolute atomic E-state index is 0.0117. The van der Waals surface area contributed by atoms with Gasteiger partial charge in [-0.05, 0) is 40.4 Å². The Balaban J connectivity index is 1.51. The van der Waals surface area contributed by atoms with Gasteiger partial charge < -0.3 is 24.2 Å². The highest BCUT2D eigenvalue weighted by Gasteiger charge is 2.30. The maximum atomic E-state index is 14.6. The Hall–Kier alpha value is -5.03. The Kier molecular flexibility index (Phi) is 13.0. The van der Waals surface area contributed by atoms with Gasteiger partial charge in [-0.25, -0.2) is 4.68 Å². The fraction of sp³-hybridized carbons (Fsp3) is 0.293. The smallest absolute Gasteiger partial charge is 0.278 e. The molecule has 0 radical (unpaired) electrons. The summed E-state index contributed by atoms with van der Waals surface area (Å²) < 4.78 is 18.8. The van der Waals surface area contributed by atoms with Crippen molar-refractivity contribution in [3.63, 3.8) is 0 Å². The molecule has 1 N–H and O–H groups in total. The maximum Gasteiger partial charge on any atom is 0.278 e. The lowest BCUT2D eigenvalue weighted by Gasteiger charge is -2.30. The van der Waals surface area contributed by atoms with Gasteiger partial charge in [0.1, 0.15) is 19.1 Å². The van der Waals surface area contributed by atoms with Gasteiger partial charge in [0.2, 0.25) is 0 Å². The SMILES string of the molecule is COc1ccc(CN(C[C@H](O)C(c2ccccc2)c2ccccc2)C(=O)c2nn(COCC[Si](C)(C)C)cc(OCc3ccccc3)c2=O)cc1. The highest BCUT2D eigenvalue weighted by Crippen LogP contribution is 2.29. The van der Waals surface area contributed by atoms with Crippen molar-refractivity contribution >= 4 is 14.0 Å². The van der Waals surface area contributed by atoms with Crippen molar-refractivity contribution < 1.29 is 24.1 Å². The lowest BCUT2D eigenvalue weighted by molar-refractivity contribution is 0.0550. The van der Waals surface area contributed by atoms with E-state index < -0.39 is 31.4 Å². The van der Waals surface area contributed by atoms with Crippen molar-refractivity contribution in [1.82, 2.24) is 14.7 Å². The number of aromatic nitrogens is 2. The molecule has 5 aromatic rings. The molecule has 1 atom stereocenters. The molecule has 4 aromatic carbocycles. The monoisotopic (exact) mass is 705 g/mol. The number of benzene rings is 4. The Morgan fingerprint density at radius 3 is 2.00 bits per heavy atom. The second-order valence-electron chi connectivity index (χ2n) is 13.7. The van der Waals surface area contributed by atoms with Crippen LogP contribution in [-0.4, -0.2) is 60.1 Å². The third-order valence-corrected chi connectivity index (χ3v) is 10.2. The molecule has 51 heavy (non-hydrogen) atoms. The lowest BCUT2D eigenvalue weighted by atomic mass is 9.86. The Labute approximate surface area is 301 Å². The van der Waals surface area contributed by atoms with E-state index in [0.717, 1.165) is 28.3 Å². The summed E-state index contributed by atoms with van der Waals surface area (Å²) in [6.45, 7) is 7.54. The number of hydrogen-bond donors (Lipinski definition) is 1. The summed E-state index contributed by atoms with van der Waals surface area (Å²) >= 11 is 0. The molecule has 0 aliphatic heterocycles. The first-order valence-electron chi connectivity index (χ1n) is 17.2. The Morgan fingerprint density at radius 2 is 1.43 bits per heavy atom. The molecule has 10 heteroatoms. The number of carbonyl (C=O) groups excluding carboxylic acids is 1. The molecule has 1 aromatic heterocycles. The zero-order valence-electron chi connectivity index (χ0n) is 29.8. The molecule has 0 aliphatic rings. The molecule has 5 rings (SSSR count). The maximum absolute atomic E-state index is 14.6. The topological polar surface area (TPSA) is 103 Å². The summed E-state index contributed by atoms with van der Waals surface area (Å²) in [5.74, 6) is -0.409. The molecular formula is C41H47N3O6Si. The van der Waals surface area contributed by atoms with Crippen LogP contribution in [0.15, 0.2) is 126 Å². The standard InChI is InChI=1S/C41H47N3O6Si/c1-48-35-22-20-31(21-23-35)26-43(27-36(45)38(33-16-10-6-11-17-33)34-18-12-7-13-19-34)41(47)39-40(46)37(50-29-32-14-8-5-9-15-32)28-44(42-39)30-49-24-25-51(2,3)4/h5-23,28,36,38,45H,24-27,29-30H2,1-4H3/t36-/m0/s1. The Morgan fingerprint density at radius 1 is 0.843 bits per heavy atom. The number of aliphatic hydroxyl groups excluding tert-OH is 1. The van der Waals surface area contributed by atoms with Gasteiger partial charge in [-0.1, -0.05) is 123 Å². The fourth-order valence-electron chi connectivity index (χ4n) is 5.70. The minimum Gasteiger partial charge on any atom is -0.497 e. The number of rotatable bonds is 17. The van der Waals surface area contributed by atoms with E-state index in [9.17, 15) is 14.7 Å². The third-order valence-electron chi connectivity index (χ3n) is 8.52. The largest absolute Gasteiger partial charge is 0.497 e. The van der Waals surface area contributed by atoms with Gasteiger partial charge >= 0.3 is 0 Å². The van der Waals surface area contributed by atoms with Crippen LogP contribution in [0.5, 0.6) is 11.5 Å². The van der Waals surface area contributed by atoms with Crippen LogP contribution in [0.2, 0.25) is 25.7 Å². The summed E-state index contributed by atoms with van der Waals surface area (Å²) in [6, 6.07) is 37.2. The number of nitrogens with zero attached hydrogens (tertiary/aromatic N) is 3. The summed E-state index contributed by atoms with van der Waals surface area (Å²) in [4.78, 5) is 30.1. The molecule has 0 bridgehead atoms. The molecule has 0 aliphatic carbocycles. The summed E-state index contributed by atoms with van der Waals surface area (Å²) in [6.07, 6.45) is 0.460. The average molecular weight is 706 g/mol. The third kappa shape index (κ3) is 10.7. The number of hydrogen-bond acceptors (Lipinski definition) is 7. The molecule has 0 saturated carbocycles. The van der Waals surface area contributed by atoms with Gasteiger partial charge in [0.15, 0.2) is 11.4 Å². The molecule has 0 fully saturated rings. The van der Waals surface area contributed by atoms with Crippen molar-refractivity contribution in [2.75, 3.05) is 20.3 Å². The molecule has 1 amide bonds. The first kappa shape index (κ1) is 37.2. The van der Waals surface area contributed by atoms with Gasteiger partial charge in [-0.3, -0.25) is 9.59 Å². The average Bonchev–Trinajstić information content (AvgIpc) is 3.14. The molecule has 0 spiro atoms. The molecule has 0 saturated heterocycles. The van der Waals surface area contributed by atoms with Crippen molar-refractivity contribution in [3.05, 3.63) is 160 Å². The number of carbonyl (C=O) groups is 1. The number of amides is 1. The van der Waals surface area contributed by atoms with E-state index in [1.165, 1.54) is 15.8 Å². The van der Waals surface area contributed by atoms with Crippen molar-refractivity contribution in [2.45, 2.75) is 57.6 Å². The Bertz CT molecular complexity index is 1840. The molecule has 9 nitrogen and oxygen atoms in total. The van der Waals surface area contributed by atoms with E-state index in [0.29, 0.717) is 12.4 Å². The van der Waals surface area contributed by atoms with E-state index in [-0.39, 0.29) is 37.9 Å². The molecular weight excluding hydrogens is 659 g/mol. The second kappa shape index (κ2) is 17.8. The van der Waals surface area contributed by atoms with E-state index in [1.54, 1.807) is 7.11 Å². The van der Waals surface area contributed by atoms with Crippen LogP contribution < -0.4 is 14.9 Å². The minimum atomic E-state index is -1.35. The van der Waals surface area contributed by atoms with Crippen LogP contribution in [0.1, 0.15) is 38.7 Å². The summed E-state index contributed by atoms with van der Waals surface area (Å²) in [5, 5.41) is 16.5. The fourth-order valence-corrected chi connectivity index (χ4v) is 6.46. The predicted octanol–water partition coefficient (Wildman–Crippen LogP) is 6.98. The predicted molar refractivity (Wildman–Crippen MR) is 202 cm³/mol. The molecule has 0 unspecified atom stereocenters. The van der Waals surface area contributed by atoms with Crippen molar-refractivity contribution in [2.24, 2.45) is 0 Å². The highest BCUT2D eigenvalue weighted by molar-refractivity contribution is 6.76. The number of ether oxygens (including phenoxy) is 3. The van der Waals surface area contributed by atoms with Crippen molar-refractivity contribution in [3.8, 4) is 11.5 Å².